The number of amides is 1. The highest BCUT2D eigenvalue weighted by Crippen LogP contribution is 2.32. The molecule has 0 radical (unpaired) electrons. The summed E-state index contributed by atoms with van der Waals surface area (Å²) in [4.78, 5) is 27.2. The van der Waals surface area contributed by atoms with E-state index < -0.39 is 0 Å². The highest BCUT2D eigenvalue weighted by atomic mass is 16.3. The van der Waals surface area contributed by atoms with Crippen molar-refractivity contribution in [1.29, 1.82) is 0 Å². The summed E-state index contributed by atoms with van der Waals surface area (Å²) in [7, 11) is 0. The van der Waals surface area contributed by atoms with E-state index in [0.717, 1.165) is 74.1 Å². The van der Waals surface area contributed by atoms with Crippen molar-refractivity contribution in [3.63, 3.8) is 0 Å². The normalized spacial score (nSPS) is 19.2. The Balaban J connectivity index is 1.25. The molecule has 1 aromatic heterocycles. The minimum absolute atomic E-state index is 0.154. The first-order chi connectivity index (χ1) is 16.5. The van der Waals surface area contributed by atoms with Crippen LogP contribution in [-0.2, 0) is 4.79 Å². The number of nitrogens with zero attached hydrogens (tertiary/aromatic N) is 5. The lowest BCUT2D eigenvalue weighted by atomic mass is 9.99. The first kappa shape index (κ1) is 22.4. The molecule has 5 rings (SSSR count). The zero-order valence-corrected chi connectivity index (χ0v) is 19.8. The molecule has 8 nitrogen and oxygen atoms in total. The van der Waals surface area contributed by atoms with E-state index >= 15 is 0 Å². The number of hydrogen-bond acceptors (Lipinski definition) is 7. The Kier molecular flexibility index (Phi) is 6.24. The summed E-state index contributed by atoms with van der Waals surface area (Å²) in [5, 5.41) is 14.5. The number of benzene rings is 2. The van der Waals surface area contributed by atoms with Crippen molar-refractivity contribution in [2.24, 2.45) is 0 Å². The first-order valence-corrected chi connectivity index (χ1v) is 12.1. The van der Waals surface area contributed by atoms with Crippen LogP contribution in [0.3, 0.4) is 0 Å². The third-order valence-electron chi connectivity index (χ3n) is 6.97. The molecule has 0 saturated carbocycles. The van der Waals surface area contributed by atoms with Crippen LogP contribution < -0.4 is 10.2 Å². The third kappa shape index (κ3) is 4.37. The molecule has 8 heteroatoms. The number of hydrogen-bond donors (Lipinski definition) is 2. The van der Waals surface area contributed by atoms with E-state index in [2.05, 4.69) is 32.2 Å². The van der Waals surface area contributed by atoms with Crippen molar-refractivity contribution in [1.82, 2.24) is 19.8 Å². The molecule has 0 spiro atoms. The molecule has 2 fully saturated rings. The van der Waals surface area contributed by atoms with Crippen LogP contribution in [0, 0.1) is 0 Å². The maximum atomic E-state index is 11.3. The summed E-state index contributed by atoms with van der Waals surface area (Å²) in [5.41, 5.74) is 3.72. The standard InChI is InChI=1S/C26H32N6O2/c1-18(2)24-22(34)10-5-19-16-27-26(29-25(19)24)28-20-6-8-21(9-7-20)30-12-14-31(15-13-30)23-4-3-11-32(23)17-33/h5-10,16-18,23,34H,3-4,11-15H2,1-2H3,(H,27,28,29). The van der Waals surface area contributed by atoms with Gasteiger partial charge in [0.2, 0.25) is 12.4 Å². The van der Waals surface area contributed by atoms with Gasteiger partial charge < -0.3 is 20.2 Å². The van der Waals surface area contributed by atoms with E-state index in [-0.39, 0.29) is 17.8 Å². The predicted molar refractivity (Wildman–Crippen MR) is 135 cm³/mol. The van der Waals surface area contributed by atoms with Crippen molar-refractivity contribution in [3.05, 3.63) is 48.2 Å². The van der Waals surface area contributed by atoms with Crippen molar-refractivity contribution in [3.8, 4) is 5.75 Å². The van der Waals surface area contributed by atoms with E-state index in [1.807, 2.05) is 36.9 Å². The number of carbonyl (C=O) groups excluding carboxylic acids is 1. The molecule has 0 bridgehead atoms. The van der Waals surface area contributed by atoms with E-state index in [1.165, 1.54) is 5.69 Å². The van der Waals surface area contributed by atoms with Crippen LogP contribution in [0.15, 0.2) is 42.6 Å². The number of rotatable bonds is 6. The Hall–Kier alpha value is -3.39. The van der Waals surface area contributed by atoms with Gasteiger partial charge in [0.25, 0.3) is 0 Å². The number of nitrogens with one attached hydrogen (secondary N) is 1. The molecule has 1 atom stereocenters. The fraction of sp³-hybridized carbons (Fsp3) is 0.423. The van der Waals surface area contributed by atoms with Crippen LogP contribution in [-0.4, -0.2) is 70.2 Å². The Bertz CT molecular complexity index is 1160. The van der Waals surface area contributed by atoms with Crippen molar-refractivity contribution < 1.29 is 9.90 Å². The average molecular weight is 461 g/mol. The zero-order chi connectivity index (χ0) is 23.7. The van der Waals surface area contributed by atoms with Gasteiger partial charge in [0, 0.05) is 61.2 Å². The quantitative estimate of drug-likeness (QED) is 0.540. The van der Waals surface area contributed by atoms with E-state index in [4.69, 9.17) is 4.98 Å². The summed E-state index contributed by atoms with van der Waals surface area (Å²) in [6.45, 7) is 8.80. The van der Waals surface area contributed by atoms with Gasteiger partial charge in [-0.1, -0.05) is 13.8 Å². The molecular formula is C26H32N6O2. The van der Waals surface area contributed by atoms with Gasteiger partial charge in [-0.25, -0.2) is 9.97 Å². The summed E-state index contributed by atoms with van der Waals surface area (Å²) in [5.74, 6) is 0.933. The number of aromatic hydroxyl groups is 1. The van der Waals surface area contributed by atoms with Gasteiger partial charge in [-0.15, -0.1) is 0 Å². The molecule has 2 saturated heterocycles. The summed E-state index contributed by atoms with van der Waals surface area (Å²) >= 11 is 0. The minimum atomic E-state index is 0.154. The summed E-state index contributed by atoms with van der Waals surface area (Å²) in [6.07, 6.45) is 5.24. The monoisotopic (exact) mass is 460 g/mol. The highest BCUT2D eigenvalue weighted by Gasteiger charge is 2.31. The van der Waals surface area contributed by atoms with Gasteiger partial charge in [0.15, 0.2) is 0 Å². The van der Waals surface area contributed by atoms with Gasteiger partial charge in [0.05, 0.1) is 11.7 Å². The highest BCUT2D eigenvalue weighted by molar-refractivity contribution is 5.85. The van der Waals surface area contributed by atoms with Crippen LogP contribution in [0.1, 0.15) is 38.2 Å². The molecule has 1 amide bonds. The van der Waals surface area contributed by atoms with E-state index in [0.29, 0.717) is 5.95 Å². The van der Waals surface area contributed by atoms with E-state index in [9.17, 15) is 9.90 Å². The number of fused-ring (bicyclic) bond motifs is 1. The largest absolute Gasteiger partial charge is 0.508 e. The molecule has 2 aromatic carbocycles. The van der Waals surface area contributed by atoms with Crippen molar-refractivity contribution in [2.75, 3.05) is 42.9 Å². The van der Waals surface area contributed by atoms with Gasteiger partial charge in [-0.2, -0.15) is 0 Å². The van der Waals surface area contributed by atoms with Crippen LogP contribution in [0.2, 0.25) is 0 Å². The molecule has 34 heavy (non-hydrogen) atoms. The molecule has 3 heterocycles. The van der Waals surface area contributed by atoms with Gasteiger partial charge in [-0.05, 0) is 55.2 Å². The van der Waals surface area contributed by atoms with E-state index in [1.54, 1.807) is 12.3 Å². The van der Waals surface area contributed by atoms with Gasteiger partial charge in [-0.3, -0.25) is 9.69 Å². The Morgan fingerprint density at radius 3 is 2.53 bits per heavy atom. The molecule has 2 N–H and O–H groups in total. The SMILES string of the molecule is CC(C)c1c(O)ccc2cnc(Nc3ccc(N4CCN(C5CCCN5C=O)CC4)cc3)nc12. The number of piperazine rings is 1. The lowest BCUT2D eigenvalue weighted by Crippen LogP contribution is -2.53. The fourth-order valence-corrected chi connectivity index (χ4v) is 5.19. The van der Waals surface area contributed by atoms with Crippen LogP contribution in [0.4, 0.5) is 17.3 Å². The maximum Gasteiger partial charge on any atom is 0.227 e. The topological polar surface area (TPSA) is 84.8 Å². The molecular weight excluding hydrogens is 428 g/mol. The van der Waals surface area contributed by atoms with Crippen LogP contribution in [0.25, 0.3) is 10.9 Å². The smallest absolute Gasteiger partial charge is 0.227 e. The predicted octanol–water partition coefficient (Wildman–Crippen LogP) is 3.90. The summed E-state index contributed by atoms with van der Waals surface area (Å²) in [6, 6.07) is 11.9. The third-order valence-corrected chi connectivity index (χ3v) is 6.97. The number of likely N-dealkylation sites (tertiary alicyclic amines) is 1. The molecule has 1 unspecified atom stereocenters. The Morgan fingerprint density at radius 1 is 1.06 bits per heavy atom. The second-order valence-corrected chi connectivity index (χ2v) is 9.45. The second-order valence-electron chi connectivity index (χ2n) is 9.45. The van der Waals surface area contributed by atoms with Crippen LogP contribution >= 0.6 is 0 Å². The molecule has 2 aliphatic heterocycles. The second kappa shape index (κ2) is 9.46. The molecule has 178 valence electrons. The molecule has 0 aliphatic carbocycles. The Morgan fingerprint density at radius 2 is 1.82 bits per heavy atom. The lowest BCUT2D eigenvalue weighted by molar-refractivity contribution is -0.122. The maximum absolute atomic E-state index is 11.3. The lowest BCUT2D eigenvalue weighted by Gasteiger charge is -2.41. The van der Waals surface area contributed by atoms with Gasteiger partial charge >= 0.3 is 0 Å². The van der Waals surface area contributed by atoms with Crippen molar-refractivity contribution in [2.45, 2.75) is 38.8 Å². The number of phenolic OH excluding ortho intramolecular Hbond substituents is 1. The molecule has 3 aromatic rings. The summed E-state index contributed by atoms with van der Waals surface area (Å²) < 4.78 is 0. The fourth-order valence-electron chi connectivity index (χ4n) is 5.19. The van der Waals surface area contributed by atoms with Gasteiger partial charge in [0.1, 0.15) is 5.75 Å². The minimum Gasteiger partial charge on any atom is -0.508 e. The Labute approximate surface area is 200 Å². The number of anilines is 3. The average Bonchev–Trinajstić information content (AvgIpc) is 3.33. The van der Waals surface area contributed by atoms with Crippen molar-refractivity contribution >= 4 is 34.6 Å². The first-order valence-electron chi connectivity index (χ1n) is 12.1. The number of aromatic nitrogens is 2. The number of carbonyl (C=O) groups is 1. The van der Waals surface area contributed by atoms with Crippen LogP contribution in [0.5, 0.6) is 5.75 Å². The number of phenols is 1. The molecule has 2 aliphatic rings. The zero-order valence-electron chi connectivity index (χ0n) is 19.8.